The van der Waals surface area contributed by atoms with E-state index < -0.39 is 18.3 Å². The van der Waals surface area contributed by atoms with Crippen molar-refractivity contribution >= 4 is 29.1 Å². The average molecular weight is 626 g/mol. The minimum atomic E-state index is -0.904. The molecule has 238 valence electrons. The first-order chi connectivity index (χ1) is 22.5. The number of allylic oxidation sites excluding steroid dienone is 1. The Morgan fingerprint density at radius 3 is 2.50 bits per heavy atom. The average Bonchev–Trinajstić information content (AvgIpc) is 3.54. The van der Waals surface area contributed by atoms with Crippen LogP contribution in [0, 0.1) is 0 Å². The first-order valence-corrected chi connectivity index (χ1v) is 14.7. The van der Waals surface area contributed by atoms with E-state index in [0.29, 0.717) is 58.5 Å². The van der Waals surface area contributed by atoms with Crippen molar-refractivity contribution in [2.24, 2.45) is 0 Å². The van der Waals surface area contributed by atoms with E-state index in [0.717, 1.165) is 0 Å². The molecule has 0 radical (unpaired) electrons. The molecule has 2 atom stereocenters. The minimum absolute atomic E-state index is 0.102. The summed E-state index contributed by atoms with van der Waals surface area (Å²) < 4.78 is 28.9. The van der Waals surface area contributed by atoms with Crippen LogP contribution < -0.4 is 35.3 Å². The molecule has 1 aliphatic rings. The Bertz CT molecular complexity index is 1650. The molecular weight excluding hydrogens is 590 g/mol. The van der Waals surface area contributed by atoms with Crippen LogP contribution in [-0.4, -0.2) is 43.2 Å². The molecule has 0 saturated heterocycles. The summed E-state index contributed by atoms with van der Waals surface area (Å²) >= 11 is 0. The molecule has 4 aromatic carbocycles. The number of benzene rings is 4. The number of hydrogen-bond acceptors (Lipinski definition) is 9. The van der Waals surface area contributed by atoms with E-state index in [4.69, 9.17) is 29.4 Å². The second kappa shape index (κ2) is 15.9. The zero-order chi connectivity index (χ0) is 32.1. The fraction of sp³-hybridized carbons (Fsp3) is 0.200. The lowest BCUT2D eigenvalue weighted by molar-refractivity contribution is -0.111. The van der Waals surface area contributed by atoms with Crippen molar-refractivity contribution < 1.29 is 38.4 Å². The van der Waals surface area contributed by atoms with Gasteiger partial charge in [-0.2, -0.15) is 0 Å². The van der Waals surface area contributed by atoms with Crippen LogP contribution in [0.2, 0.25) is 0 Å². The van der Waals surface area contributed by atoms with E-state index in [1.807, 2.05) is 30.3 Å². The number of nitrogens with two attached hydrogens (primary N) is 1. The summed E-state index contributed by atoms with van der Waals surface area (Å²) in [6, 6.07) is 28.3. The van der Waals surface area contributed by atoms with Gasteiger partial charge in [-0.3, -0.25) is 10.1 Å². The summed E-state index contributed by atoms with van der Waals surface area (Å²) in [5, 5.41) is 14.8. The van der Waals surface area contributed by atoms with E-state index in [1.54, 1.807) is 72.8 Å². The minimum Gasteiger partial charge on any atom is -0.491 e. The summed E-state index contributed by atoms with van der Waals surface area (Å²) in [5.41, 5.74) is 7.99. The van der Waals surface area contributed by atoms with E-state index in [-0.39, 0.29) is 25.9 Å². The number of nitrogen functional groups attached to an aromatic ring is 1. The summed E-state index contributed by atoms with van der Waals surface area (Å²) in [4.78, 5) is 25.9. The molecule has 0 saturated carbocycles. The van der Waals surface area contributed by atoms with Crippen molar-refractivity contribution in [3.8, 4) is 23.0 Å². The molecule has 0 spiro atoms. The van der Waals surface area contributed by atoms with Gasteiger partial charge in [0.2, 0.25) is 12.7 Å². The Morgan fingerprint density at radius 2 is 1.67 bits per heavy atom. The Morgan fingerprint density at radius 1 is 0.891 bits per heavy atom. The largest absolute Gasteiger partial charge is 0.491 e. The van der Waals surface area contributed by atoms with Crippen LogP contribution in [0.25, 0.3) is 0 Å². The van der Waals surface area contributed by atoms with Crippen LogP contribution in [0.5, 0.6) is 23.0 Å². The fourth-order valence-corrected chi connectivity index (χ4v) is 4.72. The number of carbonyl (C=O) groups excluding carboxylic acids is 2. The zero-order valence-corrected chi connectivity index (χ0v) is 25.0. The Balaban J connectivity index is 1.36. The van der Waals surface area contributed by atoms with E-state index >= 15 is 0 Å². The Kier molecular flexibility index (Phi) is 10.9. The van der Waals surface area contributed by atoms with Gasteiger partial charge < -0.3 is 39.8 Å². The number of para-hydroxylation sites is 3. The predicted molar refractivity (Wildman–Crippen MR) is 173 cm³/mol. The highest BCUT2D eigenvalue weighted by Gasteiger charge is 2.30. The van der Waals surface area contributed by atoms with Crippen molar-refractivity contribution in [3.63, 3.8) is 0 Å². The molecule has 5 rings (SSSR count). The van der Waals surface area contributed by atoms with Gasteiger partial charge in [0.1, 0.15) is 24.2 Å². The van der Waals surface area contributed by atoms with Crippen molar-refractivity contribution in [2.75, 3.05) is 36.4 Å². The normalized spacial score (nSPS) is 13.1. The van der Waals surface area contributed by atoms with Gasteiger partial charge in [-0.1, -0.05) is 48.5 Å². The van der Waals surface area contributed by atoms with Crippen LogP contribution in [0.3, 0.4) is 0 Å². The topological polar surface area (TPSA) is 151 Å². The van der Waals surface area contributed by atoms with E-state index in [2.05, 4.69) is 10.6 Å². The first-order valence-electron chi connectivity index (χ1n) is 14.7. The highest BCUT2D eigenvalue weighted by molar-refractivity contribution is 6.01. The Hall–Kier alpha value is -5.68. The number of carbonyl (C=O) groups is 2. The van der Waals surface area contributed by atoms with Gasteiger partial charge >= 0.3 is 6.09 Å². The van der Waals surface area contributed by atoms with Gasteiger partial charge in [-0.25, -0.2) is 4.79 Å². The second-order valence-electron chi connectivity index (χ2n) is 10.2. The highest BCUT2D eigenvalue weighted by Crippen LogP contribution is 2.35. The molecule has 4 aromatic rings. The molecule has 0 aromatic heterocycles. The number of amides is 2. The second-order valence-corrected chi connectivity index (χ2v) is 10.2. The number of fused-ring (bicyclic) bond motifs is 1. The van der Waals surface area contributed by atoms with Crippen LogP contribution in [0.1, 0.15) is 24.5 Å². The van der Waals surface area contributed by atoms with Crippen LogP contribution in [0.4, 0.5) is 21.9 Å². The van der Waals surface area contributed by atoms with Crippen molar-refractivity contribution in [3.05, 3.63) is 115 Å². The van der Waals surface area contributed by atoms with Crippen molar-refractivity contribution in [1.82, 2.24) is 0 Å². The summed E-state index contributed by atoms with van der Waals surface area (Å²) in [6.07, 6.45) is 1.63. The van der Waals surface area contributed by atoms with Crippen LogP contribution in [0.15, 0.2) is 109 Å². The van der Waals surface area contributed by atoms with Gasteiger partial charge in [0, 0.05) is 11.8 Å². The standard InChI is InChI=1S/C35H35N3O8/c36-28-13-4-5-14-29(28)38-33(40)16-7-6-15-31(45-26-10-2-1-3-11-26)34(24-9-8-12-27(21-24)42-20-19-39)46-35(41)37-25-17-18-30-32(22-25)44-23-43-30/h1-5,7-14,16-18,21-22,31,34,39H,6,15,19-20,23,36H2,(H,37,41)(H,38,40)/b16-7+/t31-,34-/m1/s1. The van der Waals surface area contributed by atoms with Gasteiger partial charge in [0.05, 0.1) is 18.0 Å². The number of rotatable bonds is 14. The van der Waals surface area contributed by atoms with Gasteiger partial charge in [-0.05, 0) is 73.0 Å². The third-order valence-electron chi connectivity index (χ3n) is 6.87. The lowest BCUT2D eigenvalue weighted by atomic mass is 9.99. The zero-order valence-electron chi connectivity index (χ0n) is 25.0. The molecule has 11 heteroatoms. The maximum absolute atomic E-state index is 13.3. The maximum Gasteiger partial charge on any atom is 0.412 e. The maximum atomic E-state index is 13.3. The Labute approximate surface area is 266 Å². The lowest BCUT2D eigenvalue weighted by Crippen LogP contribution is -2.31. The number of ether oxygens (including phenoxy) is 5. The van der Waals surface area contributed by atoms with E-state index in [9.17, 15) is 14.7 Å². The molecule has 0 bridgehead atoms. The third kappa shape index (κ3) is 8.93. The van der Waals surface area contributed by atoms with Crippen LogP contribution in [-0.2, 0) is 9.53 Å². The van der Waals surface area contributed by atoms with Crippen LogP contribution >= 0.6 is 0 Å². The fourth-order valence-electron chi connectivity index (χ4n) is 4.72. The quantitative estimate of drug-likeness (QED) is 0.0965. The molecule has 5 N–H and O–H groups in total. The predicted octanol–water partition coefficient (Wildman–Crippen LogP) is 6.08. The third-order valence-corrected chi connectivity index (χ3v) is 6.87. The first kappa shape index (κ1) is 31.7. The van der Waals surface area contributed by atoms with Crippen molar-refractivity contribution in [1.29, 1.82) is 0 Å². The smallest absolute Gasteiger partial charge is 0.412 e. The number of nitrogens with one attached hydrogen (secondary N) is 2. The number of hydrogen-bond donors (Lipinski definition) is 4. The summed E-state index contributed by atoms with van der Waals surface area (Å²) in [5.74, 6) is 1.83. The molecule has 1 heterocycles. The molecule has 0 aliphatic carbocycles. The molecule has 0 fully saturated rings. The molecule has 0 unspecified atom stereocenters. The molecule has 11 nitrogen and oxygen atoms in total. The van der Waals surface area contributed by atoms with Gasteiger partial charge in [-0.15, -0.1) is 0 Å². The van der Waals surface area contributed by atoms with E-state index in [1.165, 1.54) is 6.08 Å². The molecule has 2 amide bonds. The number of aliphatic hydroxyl groups excluding tert-OH is 1. The molecule has 46 heavy (non-hydrogen) atoms. The summed E-state index contributed by atoms with van der Waals surface area (Å²) in [7, 11) is 0. The monoisotopic (exact) mass is 625 g/mol. The number of aliphatic hydroxyl groups is 1. The lowest BCUT2D eigenvalue weighted by Gasteiger charge is -2.28. The van der Waals surface area contributed by atoms with Gasteiger partial charge in [0.15, 0.2) is 17.6 Å². The molecular formula is C35H35N3O8. The van der Waals surface area contributed by atoms with Crippen molar-refractivity contribution in [2.45, 2.75) is 25.0 Å². The molecule has 1 aliphatic heterocycles. The summed E-state index contributed by atoms with van der Waals surface area (Å²) in [6.45, 7) is 0.0541. The van der Waals surface area contributed by atoms with Gasteiger partial charge in [0.25, 0.3) is 0 Å². The SMILES string of the molecule is Nc1ccccc1NC(=O)/C=C/CC[C@@H](Oc1ccccc1)[C@H](OC(=O)Nc1ccc2c(c1)OCO2)c1cccc(OCCO)c1. The highest BCUT2D eigenvalue weighted by atomic mass is 16.7. The number of anilines is 3.